The second-order valence-corrected chi connectivity index (χ2v) is 4.98. The smallest absolute Gasteiger partial charge is 0.294 e. The van der Waals surface area contributed by atoms with Gasteiger partial charge >= 0.3 is 6.18 Å². The molecule has 0 unspecified atom stereocenters. The van der Waals surface area contributed by atoms with Gasteiger partial charge in [0.25, 0.3) is 0 Å². The molecule has 0 N–H and O–H groups in total. The first kappa shape index (κ1) is 15.5. The van der Waals surface area contributed by atoms with Crippen LogP contribution in [0.25, 0.3) is 0 Å². The molecule has 0 saturated heterocycles. The van der Waals surface area contributed by atoms with Gasteiger partial charge in [0.05, 0.1) is 5.56 Å². The summed E-state index contributed by atoms with van der Waals surface area (Å²) in [5.74, 6) is -0.369. The van der Waals surface area contributed by atoms with E-state index in [0.717, 1.165) is 23.3 Å². The quantitative estimate of drug-likeness (QED) is 0.617. The van der Waals surface area contributed by atoms with Gasteiger partial charge in [0, 0.05) is 6.42 Å². The van der Waals surface area contributed by atoms with Crippen molar-refractivity contribution in [1.29, 1.82) is 0 Å². The summed E-state index contributed by atoms with van der Waals surface area (Å²) >= 11 is 5.70. The van der Waals surface area contributed by atoms with Crippen molar-refractivity contribution in [3.05, 3.63) is 63.9 Å². The van der Waals surface area contributed by atoms with Gasteiger partial charge in [-0.1, -0.05) is 41.4 Å². The molecule has 0 atom stereocenters. The van der Waals surface area contributed by atoms with Crippen molar-refractivity contribution in [1.82, 2.24) is 4.98 Å². The number of halogens is 4. The van der Waals surface area contributed by atoms with E-state index in [1.165, 1.54) is 0 Å². The zero-order valence-corrected chi connectivity index (χ0v) is 11.8. The first-order valence-corrected chi connectivity index (χ1v) is 6.47. The van der Waals surface area contributed by atoms with Gasteiger partial charge in [0.2, 0.25) is 0 Å². The highest BCUT2D eigenvalue weighted by atomic mass is 35.5. The molecule has 0 bridgehead atoms. The first-order chi connectivity index (χ1) is 9.77. The van der Waals surface area contributed by atoms with Gasteiger partial charge in [-0.15, -0.1) is 0 Å². The topological polar surface area (TPSA) is 30.0 Å². The van der Waals surface area contributed by atoms with Crippen LogP contribution in [0.1, 0.15) is 27.2 Å². The number of Topliss-reactive ketones (excluding diaryl/α,β-unsaturated/α-hetero) is 1. The Hall–Kier alpha value is -1.88. The van der Waals surface area contributed by atoms with Crippen molar-refractivity contribution < 1.29 is 18.0 Å². The predicted molar refractivity (Wildman–Crippen MR) is 73.5 cm³/mol. The zero-order valence-electron chi connectivity index (χ0n) is 11.0. The van der Waals surface area contributed by atoms with Crippen LogP contribution in [0.2, 0.25) is 5.15 Å². The molecule has 0 radical (unpaired) electrons. The maximum Gasteiger partial charge on any atom is 0.433 e. The molecule has 0 amide bonds. The Balaban J connectivity index is 2.24. The van der Waals surface area contributed by atoms with E-state index in [1.54, 1.807) is 6.07 Å². The molecule has 21 heavy (non-hydrogen) atoms. The van der Waals surface area contributed by atoms with Gasteiger partial charge < -0.3 is 0 Å². The van der Waals surface area contributed by atoms with Crippen LogP contribution in [0, 0.1) is 6.92 Å². The Morgan fingerprint density at radius 2 is 1.95 bits per heavy atom. The fourth-order valence-corrected chi connectivity index (χ4v) is 2.16. The second-order valence-electron chi connectivity index (χ2n) is 4.62. The average molecular weight is 314 g/mol. The molecule has 2 rings (SSSR count). The van der Waals surface area contributed by atoms with Crippen molar-refractivity contribution in [2.45, 2.75) is 19.5 Å². The minimum Gasteiger partial charge on any atom is -0.294 e. The minimum atomic E-state index is -4.58. The fourth-order valence-electron chi connectivity index (χ4n) is 1.90. The molecule has 6 heteroatoms. The van der Waals surface area contributed by atoms with Crippen LogP contribution < -0.4 is 0 Å². The van der Waals surface area contributed by atoms with Gasteiger partial charge in [-0.2, -0.15) is 13.2 Å². The molecule has 1 aromatic carbocycles. The summed E-state index contributed by atoms with van der Waals surface area (Å²) in [6, 6.07) is 9.14. The molecular weight excluding hydrogens is 303 g/mol. The highest BCUT2D eigenvalue weighted by molar-refractivity contribution is 6.32. The number of aromatic nitrogens is 1. The van der Waals surface area contributed by atoms with Crippen molar-refractivity contribution in [2.75, 3.05) is 0 Å². The lowest BCUT2D eigenvalue weighted by molar-refractivity contribution is -0.141. The number of alkyl halides is 3. The highest BCUT2D eigenvalue weighted by Crippen LogP contribution is 2.29. The van der Waals surface area contributed by atoms with Crippen molar-refractivity contribution in [3.63, 3.8) is 0 Å². The number of aryl methyl sites for hydroxylation is 1. The number of benzene rings is 1. The highest BCUT2D eigenvalue weighted by Gasteiger charge is 2.33. The van der Waals surface area contributed by atoms with E-state index in [4.69, 9.17) is 11.6 Å². The van der Waals surface area contributed by atoms with Crippen molar-refractivity contribution in [3.8, 4) is 0 Å². The first-order valence-electron chi connectivity index (χ1n) is 6.10. The summed E-state index contributed by atoms with van der Waals surface area (Å²) in [7, 11) is 0. The summed E-state index contributed by atoms with van der Waals surface area (Å²) in [5.41, 5.74) is 0.652. The molecule has 1 heterocycles. The van der Waals surface area contributed by atoms with Crippen LogP contribution in [0.4, 0.5) is 13.2 Å². The molecule has 0 aliphatic heterocycles. The van der Waals surface area contributed by atoms with E-state index in [-0.39, 0.29) is 17.8 Å². The molecule has 0 saturated carbocycles. The molecule has 0 aliphatic carbocycles. The van der Waals surface area contributed by atoms with Crippen molar-refractivity contribution in [2.24, 2.45) is 0 Å². The molecule has 110 valence electrons. The second kappa shape index (κ2) is 5.85. The van der Waals surface area contributed by atoms with Crippen LogP contribution in [-0.2, 0) is 12.6 Å². The Bertz CT molecular complexity index is 683. The number of carbonyl (C=O) groups is 1. The third-order valence-corrected chi connectivity index (χ3v) is 3.17. The van der Waals surface area contributed by atoms with Crippen LogP contribution in [-0.4, -0.2) is 10.8 Å². The summed E-state index contributed by atoms with van der Waals surface area (Å²) in [5, 5.41) is -0.428. The van der Waals surface area contributed by atoms with Gasteiger partial charge in [0.1, 0.15) is 10.8 Å². The maximum absolute atomic E-state index is 12.5. The Kier molecular flexibility index (Phi) is 4.32. The van der Waals surface area contributed by atoms with E-state index >= 15 is 0 Å². The number of ketones is 1. The van der Waals surface area contributed by atoms with E-state index in [1.807, 2.05) is 25.1 Å². The minimum absolute atomic E-state index is 0.00817. The number of hydrogen-bond acceptors (Lipinski definition) is 2. The number of rotatable bonds is 3. The molecule has 2 nitrogen and oxygen atoms in total. The van der Waals surface area contributed by atoms with E-state index < -0.39 is 17.0 Å². The SMILES string of the molecule is Cc1cccc(CC(=O)c2ccc(C(F)(F)F)nc2Cl)c1. The van der Waals surface area contributed by atoms with E-state index in [0.29, 0.717) is 0 Å². The Morgan fingerprint density at radius 1 is 1.24 bits per heavy atom. The fraction of sp³-hybridized carbons (Fsp3) is 0.200. The molecule has 0 aliphatic rings. The van der Waals surface area contributed by atoms with Crippen LogP contribution in [0.5, 0.6) is 0 Å². The summed E-state index contributed by atoms with van der Waals surface area (Å²) in [6.07, 6.45) is -4.52. The maximum atomic E-state index is 12.5. The van der Waals surface area contributed by atoms with Gasteiger partial charge in [-0.3, -0.25) is 4.79 Å². The Labute approximate surface area is 124 Å². The van der Waals surface area contributed by atoms with E-state index in [2.05, 4.69) is 4.98 Å². The van der Waals surface area contributed by atoms with Crippen molar-refractivity contribution >= 4 is 17.4 Å². The van der Waals surface area contributed by atoms with Gasteiger partial charge in [-0.25, -0.2) is 4.98 Å². The predicted octanol–water partition coefficient (Wildman–Crippen LogP) is 4.49. The molecule has 0 fully saturated rings. The number of nitrogens with zero attached hydrogens (tertiary/aromatic N) is 1. The third kappa shape index (κ3) is 3.82. The third-order valence-electron chi connectivity index (χ3n) is 2.89. The lowest BCUT2D eigenvalue weighted by Gasteiger charge is -2.08. The molecule has 0 spiro atoms. The lowest BCUT2D eigenvalue weighted by Crippen LogP contribution is -2.11. The van der Waals surface area contributed by atoms with E-state index in [9.17, 15) is 18.0 Å². The summed E-state index contributed by atoms with van der Waals surface area (Å²) < 4.78 is 37.5. The normalized spacial score (nSPS) is 11.5. The van der Waals surface area contributed by atoms with Crippen LogP contribution in [0.15, 0.2) is 36.4 Å². The van der Waals surface area contributed by atoms with Crippen LogP contribution in [0.3, 0.4) is 0 Å². The lowest BCUT2D eigenvalue weighted by atomic mass is 10.0. The summed E-state index contributed by atoms with van der Waals surface area (Å²) in [4.78, 5) is 15.3. The molecule has 2 aromatic rings. The average Bonchev–Trinajstić information content (AvgIpc) is 2.37. The number of pyridine rings is 1. The van der Waals surface area contributed by atoms with Gasteiger partial charge in [0.15, 0.2) is 5.78 Å². The largest absolute Gasteiger partial charge is 0.433 e. The van der Waals surface area contributed by atoms with Gasteiger partial charge in [-0.05, 0) is 24.6 Å². The standard InChI is InChI=1S/C15H11ClF3NO/c1-9-3-2-4-10(7-9)8-12(21)11-5-6-13(15(17,18)19)20-14(11)16/h2-7H,8H2,1H3. The Morgan fingerprint density at radius 3 is 2.52 bits per heavy atom. The number of hydrogen-bond donors (Lipinski definition) is 0. The molecule has 1 aromatic heterocycles. The monoisotopic (exact) mass is 313 g/mol. The van der Waals surface area contributed by atoms with Crippen LogP contribution >= 0.6 is 11.6 Å². The summed E-state index contributed by atoms with van der Waals surface area (Å²) in [6.45, 7) is 1.89. The number of carbonyl (C=O) groups excluding carboxylic acids is 1. The molecular formula is C15H11ClF3NO. The zero-order chi connectivity index (χ0) is 15.6.